The zero-order valence-electron chi connectivity index (χ0n) is 18.6. The van der Waals surface area contributed by atoms with E-state index in [1.54, 1.807) is 18.2 Å². The maximum atomic E-state index is 13.5. The van der Waals surface area contributed by atoms with Crippen LogP contribution in [0.5, 0.6) is 0 Å². The summed E-state index contributed by atoms with van der Waals surface area (Å²) >= 11 is 0. The van der Waals surface area contributed by atoms with Gasteiger partial charge in [-0.25, -0.2) is 4.98 Å². The summed E-state index contributed by atoms with van der Waals surface area (Å²) in [5.41, 5.74) is -0.309. The Hall–Kier alpha value is -4.26. The van der Waals surface area contributed by atoms with Gasteiger partial charge >= 0.3 is 12.6 Å². The minimum Gasteiger partial charge on any atom is -0.415 e. The summed E-state index contributed by atoms with van der Waals surface area (Å²) in [6.07, 6.45) is -7.92. The lowest BCUT2D eigenvalue weighted by molar-refractivity contribution is -0.141. The van der Waals surface area contributed by atoms with Gasteiger partial charge < -0.3 is 14.4 Å². The van der Waals surface area contributed by atoms with Crippen LogP contribution < -0.4 is 0 Å². The van der Waals surface area contributed by atoms with Crippen LogP contribution in [0.3, 0.4) is 0 Å². The van der Waals surface area contributed by atoms with Crippen LogP contribution in [0.4, 0.5) is 22.0 Å². The smallest absolute Gasteiger partial charge is 0.415 e. The molecule has 2 atom stereocenters. The fraction of sp³-hybridized carbons (Fsp3) is 0.208. The number of carbonyl (C=O) groups is 1. The third-order valence-corrected chi connectivity index (χ3v) is 5.81. The van der Waals surface area contributed by atoms with Crippen LogP contribution in [0, 0.1) is 0 Å². The van der Waals surface area contributed by atoms with E-state index in [0.717, 1.165) is 12.1 Å². The molecule has 0 saturated heterocycles. The molecule has 37 heavy (non-hydrogen) atoms. The Morgan fingerprint density at radius 2 is 1.78 bits per heavy atom. The highest BCUT2D eigenvalue weighted by Gasteiger charge is 2.40. The fourth-order valence-electron chi connectivity index (χ4n) is 4.10. The molecule has 0 unspecified atom stereocenters. The van der Waals surface area contributed by atoms with Crippen molar-refractivity contribution in [3.8, 4) is 11.5 Å². The highest BCUT2D eigenvalue weighted by atomic mass is 19.4. The van der Waals surface area contributed by atoms with Crippen LogP contribution in [0.1, 0.15) is 57.5 Å². The first-order valence-electron chi connectivity index (χ1n) is 10.8. The molecule has 1 aromatic carbocycles. The highest BCUT2D eigenvalue weighted by molar-refractivity contribution is 5.99. The van der Waals surface area contributed by atoms with Crippen molar-refractivity contribution in [3.05, 3.63) is 94.9 Å². The summed E-state index contributed by atoms with van der Waals surface area (Å²) in [6.45, 7) is -0.00216. The minimum absolute atomic E-state index is 0.00216. The Balaban J connectivity index is 1.51. The molecule has 1 aliphatic heterocycles. The van der Waals surface area contributed by atoms with Crippen molar-refractivity contribution >= 4 is 5.91 Å². The SMILES string of the molecule is O=C1c2cc(-c3nnc(C(F)F)o3)ccc2CN1[C@H](c1ccccn1)[C@@H](O)c1cccc(C(F)(F)F)n1. The number of alkyl halides is 5. The van der Waals surface area contributed by atoms with E-state index in [1.165, 1.54) is 35.4 Å². The number of hydrogen-bond acceptors (Lipinski definition) is 7. The predicted molar refractivity (Wildman–Crippen MR) is 116 cm³/mol. The molecule has 0 radical (unpaired) electrons. The monoisotopic (exact) mass is 517 g/mol. The summed E-state index contributed by atoms with van der Waals surface area (Å²) < 4.78 is 70.3. The number of nitrogens with zero attached hydrogens (tertiary/aromatic N) is 5. The Labute approximate surface area is 205 Å². The number of fused-ring (bicyclic) bond motifs is 1. The first-order chi connectivity index (χ1) is 17.6. The van der Waals surface area contributed by atoms with Crippen LogP contribution in [0.15, 0.2) is 65.2 Å². The van der Waals surface area contributed by atoms with E-state index in [9.17, 15) is 31.9 Å². The largest absolute Gasteiger partial charge is 0.433 e. The topological polar surface area (TPSA) is 105 Å². The fourth-order valence-corrected chi connectivity index (χ4v) is 4.10. The second-order valence-corrected chi connectivity index (χ2v) is 8.14. The standard InChI is InChI=1S/C24H16F5N5O3/c25-20(26)22-33-32-21(37-22)12-7-8-13-11-34(23(36)14(13)10-12)18(15-4-1-2-9-30-15)19(35)16-5-3-6-17(31-16)24(27,28)29/h1-10,18-20,35H,11H2/t18-,19+/m1/s1. The van der Waals surface area contributed by atoms with Crippen molar-refractivity contribution < 1.29 is 36.3 Å². The number of aliphatic hydroxyl groups excluding tert-OH is 1. The van der Waals surface area contributed by atoms with Crippen molar-refractivity contribution in [2.75, 3.05) is 0 Å². The minimum atomic E-state index is -4.73. The van der Waals surface area contributed by atoms with Gasteiger partial charge in [-0.1, -0.05) is 18.2 Å². The molecule has 5 rings (SSSR count). The van der Waals surface area contributed by atoms with Gasteiger partial charge in [0.2, 0.25) is 5.89 Å². The first kappa shape index (κ1) is 24.4. The lowest BCUT2D eigenvalue weighted by atomic mass is 10.0. The van der Waals surface area contributed by atoms with Crippen molar-refractivity contribution in [1.82, 2.24) is 25.1 Å². The molecule has 190 valence electrons. The number of rotatable bonds is 6. The summed E-state index contributed by atoms with van der Waals surface area (Å²) in [7, 11) is 0. The number of aliphatic hydroxyl groups is 1. The molecule has 4 aromatic rings. The molecule has 1 N–H and O–H groups in total. The number of benzene rings is 1. The first-order valence-corrected chi connectivity index (χ1v) is 10.8. The number of amides is 1. The molecule has 1 amide bonds. The third kappa shape index (κ3) is 4.65. The van der Waals surface area contributed by atoms with E-state index in [4.69, 9.17) is 4.42 Å². The van der Waals surface area contributed by atoms with Crippen LogP contribution in [-0.2, 0) is 12.7 Å². The Morgan fingerprint density at radius 1 is 1.00 bits per heavy atom. The van der Waals surface area contributed by atoms with Gasteiger partial charge in [-0.05, 0) is 42.0 Å². The van der Waals surface area contributed by atoms with Crippen molar-refractivity contribution in [2.45, 2.75) is 31.3 Å². The molecule has 3 aromatic heterocycles. The van der Waals surface area contributed by atoms with E-state index in [-0.39, 0.29) is 35.0 Å². The molecule has 0 fully saturated rings. The van der Waals surface area contributed by atoms with Gasteiger partial charge in [0.1, 0.15) is 17.8 Å². The molecule has 1 aliphatic rings. The number of carbonyl (C=O) groups excluding carboxylic acids is 1. The molecule has 0 bridgehead atoms. The quantitative estimate of drug-likeness (QED) is 0.362. The van der Waals surface area contributed by atoms with Gasteiger partial charge in [0.25, 0.3) is 11.8 Å². The maximum Gasteiger partial charge on any atom is 0.433 e. The lowest BCUT2D eigenvalue weighted by Gasteiger charge is -2.31. The van der Waals surface area contributed by atoms with Crippen molar-refractivity contribution in [3.63, 3.8) is 0 Å². The molecule has 13 heteroatoms. The Bertz CT molecular complexity index is 1440. The van der Waals surface area contributed by atoms with E-state index in [2.05, 4.69) is 20.2 Å². The van der Waals surface area contributed by atoms with Crippen LogP contribution in [0.2, 0.25) is 0 Å². The van der Waals surface area contributed by atoms with Gasteiger partial charge in [-0.3, -0.25) is 9.78 Å². The van der Waals surface area contributed by atoms with E-state index >= 15 is 0 Å². The van der Waals surface area contributed by atoms with Gasteiger partial charge in [0, 0.05) is 23.9 Å². The number of pyridine rings is 2. The lowest BCUT2D eigenvalue weighted by Crippen LogP contribution is -2.34. The second-order valence-electron chi connectivity index (χ2n) is 8.14. The molecular weight excluding hydrogens is 501 g/mol. The second kappa shape index (κ2) is 9.32. The zero-order valence-corrected chi connectivity index (χ0v) is 18.6. The molecule has 4 heterocycles. The van der Waals surface area contributed by atoms with Crippen LogP contribution >= 0.6 is 0 Å². The Kier molecular flexibility index (Phi) is 6.15. The van der Waals surface area contributed by atoms with Crippen molar-refractivity contribution in [2.24, 2.45) is 0 Å². The summed E-state index contributed by atoms with van der Waals surface area (Å²) in [4.78, 5) is 22.5. The summed E-state index contributed by atoms with van der Waals surface area (Å²) in [5, 5.41) is 18.1. The molecular formula is C24H16F5N5O3. The van der Waals surface area contributed by atoms with Gasteiger partial charge in [-0.2, -0.15) is 22.0 Å². The van der Waals surface area contributed by atoms with Crippen LogP contribution in [0.25, 0.3) is 11.5 Å². The normalized spacial score (nSPS) is 15.2. The molecule has 8 nitrogen and oxygen atoms in total. The van der Waals surface area contributed by atoms with Gasteiger partial charge in [-0.15, -0.1) is 10.2 Å². The molecule has 0 aliphatic carbocycles. The average Bonchev–Trinajstić information content (AvgIpc) is 3.50. The summed E-state index contributed by atoms with van der Waals surface area (Å²) in [5.74, 6) is -1.64. The molecule has 0 spiro atoms. The van der Waals surface area contributed by atoms with Gasteiger partial charge in [0.15, 0.2) is 0 Å². The number of aromatic nitrogens is 4. The van der Waals surface area contributed by atoms with E-state index in [0.29, 0.717) is 5.56 Å². The highest BCUT2D eigenvalue weighted by Crippen LogP contribution is 2.40. The number of halogens is 5. The third-order valence-electron chi connectivity index (χ3n) is 5.81. The van der Waals surface area contributed by atoms with Crippen molar-refractivity contribution in [1.29, 1.82) is 0 Å². The maximum absolute atomic E-state index is 13.5. The zero-order chi connectivity index (χ0) is 26.3. The van der Waals surface area contributed by atoms with E-state index in [1.807, 2.05) is 0 Å². The molecule has 0 saturated carbocycles. The van der Waals surface area contributed by atoms with Crippen LogP contribution in [-0.4, -0.2) is 36.1 Å². The Morgan fingerprint density at radius 3 is 2.46 bits per heavy atom. The van der Waals surface area contributed by atoms with E-state index < -0.39 is 42.2 Å². The predicted octanol–water partition coefficient (Wildman–Crippen LogP) is 4.91. The average molecular weight is 517 g/mol. The van der Waals surface area contributed by atoms with Gasteiger partial charge in [0.05, 0.1) is 11.4 Å². The number of hydrogen-bond donors (Lipinski definition) is 1. The summed E-state index contributed by atoms with van der Waals surface area (Å²) in [6, 6.07) is 11.2.